The van der Waals surface area contributed by atoms with Gasteiger partial charge in [0.15, 0.2) is 0 Å². The number of aryl methyl sites for hydroxylation is 1. The highest BCUT2D eigenvalue weighted by Gasteiger charge is 2.27. The van der Waals surface area contributed by atoms with Crippen LogP contribution < -0.4 is 0 Å². The summed E-state index contributed by atoms with van der Waals surface area (Å²) in [5.74, 6) is -0.814. The fraction of sp³-hybridized carbons (Fsp3) is 0.692. The van der Waals surface area contributed by atoms with Gasteiger partial charge in [-0.05, 0) is 32.6 Å². The largest absolute Gasteiger partial charge is 0.478 e. The number of aromatic carboxylic acids is 1. The second kappa shape index (κ2) is 5.76. The average Bonchev–Trinajstić information content (AvgIpc) is 2.63. The molecule has 1 atom stereocenters. The van der Waals surface area contributed by atoms with E-state index >= 15 is 0 Å². The average molecular weight is 315 g/mol. The molecule has 0 aliphatic carbocycles. The highest BCUT2D eigenvalue weighted by Crippen LogP contribution is 2.22. The Bertz CT molecular complexity index is 651. The lowest BCUT2D eigenvalue weighted by Gasteiger charge is -2.31. The van der Waals surface area contributed by atoms with Crippen LogP contribution in [0, 0.1) is 19.8 Å². The summed E-state index contributed by atoms with van der Waals surface area (Å²) >= 11 is 0. The SMILES string of the molecule is Cc1nn(CC2CCCN(S(C)(=O)=O)C2)c(C)c1C(=O)O. The van der Waals surface area contributed by atoms with Crippen molar-refractivity contribution in [3.63, 3.8) is 0 Å². The van der Waals surface area contributed by atoms with Gasteiger partial charge in [-0.1, -0.05) is 0 Å². The summed E-state index contributed by atoms with van der Waals surface area (Å²) in [6.07, 6.45) is 2.97. The van der Waals surface area contributed by atoms with E-state index in [0.717, 1.165) is 12.8 Å². The number of carbonyl (C=O) groups is 1. The molecule has 1 aromatic rings. The Labute approximate surface area is 124 Å². The Morgan fingerprint density at radius 3 is 2.62 bits per heavy atom. The predicted octanol–water partition coefficient (Wildman–Crippen LogP) is 0.870. The number of nitrogens with zero attached hydrogens (tertiary/aromatic N) is 3. The quantitative estimate of drug-likeness (QED) is 0.890. The van der Waals surface area contributed by atoms with Gasteiger partial charge >= 0.3 is 5.97 Å². The third kappa shape index (κ3) is 3.44. The molecule has 1 unspecified atom stereocenters. The monoisotopic (exact) mass is 315 g/mol. The molecule has 21 heavy (non-hydrogen) atoms. The van der Waals surface area contributed by atoms with E-state index < -0.39 is 16.0 Å². The maximum atomic E-state index is 11.6. The van der Waals surface area contributed by atoms with E-state index in [9.17, 15) is 18.3 Å². The van der Waals surface area contributed by atoms with Crippen LogP contribution >= 0.6 is 0 Å². The molecule has 1 saturated heterocycles. The summed E-state index contributed by atoms with van der Waals surface area (Å²) in [5, 5.41) is 13.5. The van der Waals surface area contributed by atoms with Crippen LogP contribution in [-0.2, 0) is 16.6 Å². The first kappa shape index (κ1) is 16.0. The van der Waals surface area contributed by atoms with E-state index in [-0.39, 0.29) is 11.5 Å². The lowest BCUT2D eigenvalue weighted by atomic mass is 10.00. The molecule has 0 bridgehead atoms. The van der Waals surface area contributed by atoms with Crippen LogP contribution in [0.5, 0.6) is 0 Å². The van der Waals surface area contributed by atoms with Crippen molar-refractivity contribution in [2.45, 2.75) is 33.2 Å². The number of carboxylic acids is 1. The number of sulfonamides is 1. The summed E-state index contributed by atoms with van der Waals surface area (Å²) in [6, 6.07) is 0. The van der Waals surface area contributed by atoms with Crippen molar-refractivity contribution in [3.8, 4) is 0 Å². The third-order valence-corrected chi connectivity index (χ3v) is 5.25. The van der Waals surface area contributed by atoms with Crippen LogP contribution in [-0.4, -0.2) is 52.9 Å². The maximum absolute atomic E-state index is 11.6. The maximum Gasteiger partial charge on any atom is 0.339 e. The summed E-state index contributed by atoms with van der Waals surface area (Å²) in [4.78, 5) is 11.2. The second-order valence-corrected chi connectivity index (χ2v) is 7.64. The highest BCUT2D eigenvalue weighted by molar-refractivity contribution is 7.88. The molecule has 1 N–H and O–H groups in total. The Kier molecular flexibility index (Phi) is 4.38. The van der Waals surface area contributed by atoms with Crippen LogP contribution in [0.1, 0.15) is 34.6 Å². The molecule has 8 heteroatoms. The number of piperidine rings is 1. The molecule has 0 radical (unpaired) electrons. The predicted molar refractivity (Wildman–Crippen MR) is 77.8 cm³/mol. The zero-order valence-corrected chi connectivity index (χ0v) is 13.4. The van der Waals surface area contributed by atoms with Gasteiger partial charge in [0.1, 0.15) is 5.56 Å². The van der Waals surface area contributed by atoms with Gasteiger partial charge in [0, 0.05) is 19.6 Å². The molecule has 0 saturated carbocycles. The topological polar surface area (TPSA) is 92.5 Å². The highest BCUT2D eigenvalue weighted by atomic mass is 32.2. The number of hydrogen-bond donors (Lipinski definition) is 1. The Morgan fingerprint density at radius 2 is 2.10 bits per heavy atom. The molecule has 0 amide bonds. The van der Waals surface area contributed by atoms with E-state index in [2.05, 4.69) is 5.10 Å². The van der Waals surface area contributed by atoms with E-state index in [1.807, 2.05) is 0 Å². The first-order valence-corrected chi connectivity index (χ1v) is 8.77. The van der Waals surface area contributed by atoms with Crippen LogP contribution in [0.3, 0.4) is 0 Å². The smallest absolute Gasteiger partial charge is 0.339 e. The molecule has 2 heterocycles. The van der Waals surface area contributed by atoms with Crippen molar-refractivity contribution in [2.75, 3.05) is 19.3 Å². The Balaban J connectivity index is 2.15. The molecule has 1 aliphatic heterocycles. The molecule has 0 spiro atoms. The number of carboxylic acid groups (broad SMARTS) is 1. The van der Waals surface area contributed by atoms with E-state index in [1.54, 1.807) is 18.5 Å². The summed E-state index contributed by atoms with van der Waals surface area (Å²) in [5.41, 5.74) is 1.36. The minimum Gasteiger partial charge on any atom is -0.478 e. The molecule has 7 nitrogen and oxygen atoms in total. The van der Waals surface area contributed by atoms with Crippen LogP contribution in [0.2, 0.25) is 0 Å². The Morgan fingerprint density at radius 1 is 1.43 bits per heavy atom. The minimum absolute atomic E-state index is 0.160. The second-order valence-electron chi connectivity index (χ2n) is 5.66. The Hall–Kier alpha value is -1.41. The van der Waals surface area contributed by atoms with Gasteiger partial charge in [0.2, 0.25) is 10.0 Å². The van der Waals surface area contributed by atoms with Crippen LogP contribution in [0.25, 0.3) is 0 Å². The van der Waals surface area contributed by atoms with Crippen molar-refractivity contribution < 1.29 is 18.3 Å². The van der Waals surface area contributed by atoms with E-state index in [4.69, 9.17) is 0 Å². The van der Waals surface area contributed by atoms with Gasteiger partial charge in [0.25, 0.3) is 0 Å². The van der Waals surface area contributed by atoms with Gasteiger partial charge in [-0.3, -0.25) is 4.68 Å². The normalized spacial score (nSPS) is 20.6. The lowest BCUT2D eigenvalue weighted by Crippen LogP contribution is -2.40. The van der Waals surface area contributed by atoms with Gasteiger partial charge in [-0.25, -0.2) is 17.5 Å². The van der Waals surface area contributed by atoms with Crippen molar-refractivity contribution in [2.24, 2.45) is 5.92 Å². The molecule has 1 aromatic heterocycles. The third-order valence-electron chi connectivity index (χ3n) is 3.98. The van der Waals surface area contributed by atoms with Gasteiger partial charge in [0.05, 0.1) is 17.6 Å². The minimum atomic E-state index is -3.17. The molecule has 118 valence electrons. The molecule has 2 rings (SSSR count). The van der Waals surface area contributed by atoms with E-state index in [1.165, 1.54) is 10.6 Å². The first-order chi connectivity index (χ1) is 9.70. The van der Waals surface area contributed by atoms with Crippen molar-refractivity contribution in [3.05, 3.63) is 17.0 Å². The van der Waals surface area contributed by atoms with Gasteiger partial charge in [-0.2, -0.15) is 5.10 Å². The zero-order chi connectivity index (χ0) is 15.8. The lowest BCUT2D eigenvalue weighted by molar-refractivity contribution is 0.0695. The van der Waals surface area contributed by atoms with Crippen molar-refractivity contribution >= 4 is 16.0 Å². The summed E-state index contributed by atoms with van der Waals surface area (Å²) in [7, 11) is -3.17. The molecular weight excluding hydrogens is 294 g/mol. The van der Waals surface area contributed by atoms with Gasteiger partial charge in [-0.15, -0.1) is 0 Å². The molecule has 1 fully saturated rings. The standard InChI is InChI=1S/C13H21N3O4S/c1-9-12(13(17)18)10(2)16(14-9)8-11-5-4-6-15(7-11)21(3,19)20/h11H,4-8H2,1-3H3,(H,17,18). The van der Waals surface area contributed by atoms with Gasteiger partial charge < -0.3 is 5.11 Å². The molecular formula is C13H21N3O4S. The fourth-order valence-electron chi connectivity index (χ4n) is 2.91. The van der Waals surface area contributed by atoms with Crippen LogP contribution in [0.4, 0.5) is 0 Å². The molecule has 1 aliphatic rings. The molecule has 0 aromatic carbocycles. The fourth-order valence-corrected chi connectivity index (χ4v) is 3.85. The number of hydrogen-bond acceptors (Lipinski definition) is 4. The first-order valence-electron chi connectivity index (χ1n) is 6.92. The van der Waals surface area contributed by atoms with Crippen molar-refractivity contribution in [1.29, 1.82) is 0 Å². The zero-order valence-electron chi connectivity index (χ0n) is 12.5. The summed E-state index contributed by atoms with van der Waals surface area (Å²) < 4.78 is 26.4. The van der Waals surface area contributed by atoms with Crippen LogP contribution in [0.15, 0.2) is 0 Å². The van der Waals surface area contributed by atoms with E-state index in [0.29, 0.717) is 31.0 Å². The number of aromatic nitrogens is 2. The van der Waals surface area contributed by atoms with Crippen molar-refractivity contribution in [1.82, 2.24) is 14.1 Å². The summed E-state index contributed by atoms with van der Waals surface area (Å²) in [6.45, 7) is 5.00. The number of rotatable bonds is 4.